The normalized spacial score (nSPS) is 17.4. The Morgan fingerprint density at radius 1 is 0.877 bits per heavy atom. The molecule has 366 valence electrons. The molecule has 5 amide bonds. The molecule has 1 aliphatic rings. The number of likely N-dealkylation sites (tertiary alicyclic amines) is 1. The van der Waals surface area contributed by atoms with Gasteiger partial charge in [-0.2, -0.15) is 0 Å². The summed E-state index contributed by atoms with van der Waals surface area (Å²) in [6.07, 6.45) is 0.677. The molecule has 0 spiro atoms. The van der Waals surface area contributed by atoms with E-state index in [9.17, 15) is 28.8 Å². The number of nitrogens with one attached hydrogen (secondary N) is 2. The van der Waals surface area contributed by atoms with Crippen molar-refractivity contribution in [2.45, 2.75) is 123 Å². The van der Waals surface area contributed by atoms with E-state index in [-0.39, 0.29) is 75.4 Å². The Kier molecular flexibility index (Phi) is 25.1. The molecule has 2 rings (SSSR count). The van der Waals surface area contributed by atoms with Gasteiger partial charge in [-0.15, -0.1) is 0 Å². The molecule has 19 nitrogen and oxygen atoms in total. The number of esters is 1. The van der Waals surface area contributed by atoms with E-state index in [0.29, 0.717) is 25.8 Å². The standard InChI is InChI=1S/C46H76N8O11/c1-13-31(6)41(53(9)45(59)39(29(2)3)50-44(58)40(30(4)5)52(8)38(56)28-65-25-24-64-23-21-48-51-47)36(61-10)27-37(55)54-22-17-20-35(54)42(62-11)32(7)43(57)49-34(46(60)63-12)26-33-18-15-14-16-19-33/h14-16,18-19,29-32,34-36,39-42H,13,17,20-28H2,1-12H3,(H,49,57)(H,50,58)/t31?,32-,34?,35+,36-,39+,40+,41+,42-/m1/s1. The molecule has 2 unspecified atom stereocenters. The third-order valence-electron chi connectivity index (χ3n) is 12.3. The van der Waals surface area contributed by atoms with Gasteiger partial charge in [0.2, 0.25) is 29.5 Å². The summed E-state index contributed by atoms with van der Waals surface area (Å²) in [5.74, 6) is -4.03. The Morgan fingerprint density at radius 3 is 2.11 bits per heavy atom. The molecule has 1 aromatic carbocycles. The van der Waals surface area contributed by atoms with E-state index >= 15 is 0 Å². The summed E-state index contributed by atoms with van der Waals surface area (Å²) in [5, 5.41) is 9.17. The van der Waals surface area contributed by atoms with E-state index < -0.39 is 72.0 Å². The van der Waals surface area contributed by atoms with Gasteiger partial charge in [-0.1, -0.05) is 90.3 Å². The highest BCUT2D eigenvalue weighted by atomic mass is 16.5. The number of carbonyl (C=O) groups excluding carboxylic acids is 6. The van der Waals surface area contributed by atoms with Gasteiger partial charge < -0.3 is 49.0 Å². The molecule has 1 saturated heterocycles. The lowest BCUT2D eigenvalue weighted by Crippen LogP contribution is -2.60. The molecular weight excluding hydrogens is 841 g/mol. The first-order chi connectivity index (χ1) is 30.9. The maximum atomic E-state index is 14.5. The topological polar surface area (TPSA) is 231 Å². The highest BCUT2D eigenvalue weighted by molar-refractivity contribution is 5.92. The van der Waals surface area contributed by atoms with Crippen LogP contribution in [-0.4, -0.2) is 168 Å². The number of ether oxygens (including phenoxy) is 5. The summed E-state index contributed by atoms with van der Waals surface area (Å²) in [6, 6.07) is 5.48. The Balaban J connectivity index is 2.23. The fourth-order valence-corrected chi connectivity index (χ4v) is 8.48. The second kappa shape index (κ2) is 29.0. The Bertz CT molecular complexity index is 1710. The van der Waals surface area contributed by atoms with Crippen molar-refractivity contribution in [2.75, 3.05) is 74.9 Å². The summed E-state index contributed by atoms with van der Waals surface area (Å²) in [4.78, 5) is 89.8. The lowest BCUT2D eigenvalue weighted by atomic mass is 9.89. The maximum Gasteiger partial charge on any atom is 0.328 e. The van der Waals surface area contributed by atoms with E-state index in [4.69, 9.17) is 29.2 Å². The SMILES string of the molecule is CCC(C)[C@@H]([C@@H](CC(=O)N1CCC[C@H]1[C@H](OC)[C@@H](C)C(=O)NC(Cc1ccccc1)C(=O)OC)OC)N(C)C(=O)[C@@H](NC(=O)[C@H](C(C)C)N(C)C(=O)COCCOCCN=[N+]=[N-])C(C)C. The van der Waals surface area contributed by atoms with E-state index in [1.807, 2.05) is 71.9 Å². The zero-order chi connectivity index (χ0) is 48.8. The third-order valence-corrected chi connectivity index (χ3v) is 12.3. The zero-order valence-electron chi connectivity index (χ0n) is 40.7. The van der Waals surface area contributed by atoms with E-state index in [1.54, 1.807) is 23.8 Å². The Hall–Kier alpha value is -4.81. The summed E-state index contributed by atoms with van der Waals surface area (Å²) in [7, 11) is 7.46. The molecule has 65 heavy (non-hydrogen) atoms. The van der Waals surface area contributed by atoms with Crippen molar-refractivity contribution in [3.05, 3.63) is 46.3 Å². The second-order valence-corrected chi connectivity index (χ2v) is 17.4. The summed E-state index contributed by atoms with van der Waals surface area (Å²) in [5.41, 5.74) is 9.22. The van der Waals surface area contributed by atoms with Gasteiger partial charge in [0.1, 0.15) is 24.7 Å². The fraction of sp³-hybridized carbons (Fsp3) is 0.739. The van der Waals surface area contributed by atoms with Crippen LogP contribution in [0.5, 0.6) is 0 Å². The Morgan fingerprint density at radius 2 is 1.54 bits per heavy atom. The van der Waals surface area contributed by atoms with Gasteiger partial charge in [-0.25, -0.2) is 4.79 Å². The number of hydrogen-bond acceptors (Lipinski definition) is 12. The Labute approximate surface area is 385 Å². The minimum Gasteiger partial charge on any atom is -0.467 e. The van der Waals surface area contributed by atoms with Crippen LogP contribution in [0.2, 0.25) is 0 Å². The number of methoxy groups -OCH3 is 3. The minimum absolute atomic E-state index is 0.0664. The van der Waals surface area contributed by atoms with Gasteiger partial charge in [0.05, 0.1) is 63.6 Å². The molecule has 1 aliphatic heterocycles. The van der Waals surface area contributed by atoms with Gasteiger partial charge in [0, 0.05) is 52.7 Å². The number of nitrogens with zero attached hydrogens (tertiary/aromatic N) is 6. The van der Waals surface area contributed by atoms with Gasteiger partial charge in [-0.3, -0.25) is 24.0 Å². The predicted octanol–water partition coefficient (Wildman–Crippen LogP) is 3.77. The first kappa shape index (κ1) is 56.3. The van der Waals surface area contributed by atoms with E-state index in [0.717, 1.165) is 5.56 Å². The number of hydrogen-bond donors (Lipinski definition) is 2. The van der Waals surface area contributed by atoms with Crippen molar-refractivity contribution < 1.29 is 52.5 Å². The maximum absolute atomic E-state index is 14.5. The monoisotopic (exact) mass is 917 g/mol. The average Bonchev–Trinajstić information content (AvgIpc) is 3.77. The molecule has 1 heterocycles. The largest absolute Gasteiger partial charge is 0.467 e. The first-order valence-electron chi connectivity index (χ1n) is 22.7. The molecule has 0 radical (unpaired) electrons. The highest BCUT2D eigenvalue weighted by Gasteiger charge is 2.44. The summed E-state index contributed by atoms with van der Waals surface area (Å²) >= 11 is 0. The first-order valence-corrected chi connectivity index (χ1v) is 22.7. The van der Waals surface area contributed by atoms with Crippen molar-refractivity contribution in [1.82, 2.24) is 25.3 Å². The molecule has 0 aromatic heterocycles. The van der Waals surface area contributed by atoms with Crippen molar-refractivity contribution in [1.29, 1.82) is 0 Å². The quantitative estimate of drug-likeness (QED) is 0.0386. The molecule has 19 heteroatoms. The number of benzene rings is 1. The summed E-state index contributed by atoms with van der Waals surface area (Å²) in [6.45, 7) is 13.8. The van der Waals surface area contributed by atoms with Crippen molar-refractivity contribution in [2.24, 2.45) is 28.8 Å². The van der Waals surface area contributed by atoms with Crippen LogP contribution in [0.15, 0.2) is 35.4 Å². The minimum atomic E-state index is -0.972. The smallest absolute Gasteiger partial charge is 0.328 e. The van der Waals surface area contributed by atoms with Gasteiger partial charge in [0.25, 0.3) is 0 Å². The van der Waals surface area contributed by atoms with Crippen LogP contribution in [0.1, 0.15) is 79.7 Å². The van der Waals surface area contributed by atoms with Crippen molar-refractivity contribution >= 4 is 35.5 Å². The molecule has 1 fully saturated rings. The van der Waals surface area contributed by atoms with Crippen LogP contribution >= 0.6 is 0 Å². The fourth-order valence-electron chi connectivity index (χ4n) is 8.48. The second-order valence-electron chi connectivity index (χ2n) is 17.4. The molecular formula is C46H76N8O11. The molecule has 0 bridgehead atoms. The molecule has 0 saturated carbocycles. The number of rotatable bonds is 29. The van der Waals surface area contributed by atoms with Crippen LogP contribution in [0, 0.1) is 23.7 Å². The lowest BCUT2D eigenvalue weighted by Gasteiger charge is -2.41. The summed E-state index contributed by atoms with van der Waals surface area (Å²) < 4.78 is 27.8. The van der Waals surface area contributed by atoms with Gasteiger partial charge in [-0.05, 0) is 41.7 Å². The number of azide groups is 1. The lowest BCUT2D eigenvalue weighted by molar-refractivity contribution is -0.149. The number of amides is 5. The molecule has 0 aliphatic carbocycles. The molecule has 2 N–H and O–H groups in total. The van der Waals surface area contributed by atoms with Crippen LogP contribution in [0.3, 0.4) is 0 Å². The van der Waals surface area contributed by atoms with Gasteiger partial charge in [0.15, 0.2) is 0 Å². The molecule has 9 atom stereocenters. The van der Waals surface area contributed by atoms with E-state index in [1.165, 1.54) is 33.3 Å². The van der Waals surface area contributed by atoms with Crippen LogP contribution < -0.4 is 10.6 Å². The highest BCUT2D eigenvalue weighted by Crippen LogP contribution is 2.30. The van der Waals surface area contributed by atoms with Crippen molar-refractivity contribution in [3.8, 4) is 0 Å². The van der Waals surface area contributed by atoms with Gasteiger partial charge >= 0.3 is 5.97 Å². The van der Waals surface area contributed by atoms with Crippen LogP contribution in [0.25, 0.3) is 10.4 Å². The van der Waals surface area contributed by atoms with Crippen LogP contribution in [-0.2, 0) is 58.9 Å². The average molecular weight is 917 g/mol. The third kappa shape index (κ3) is 16.8. The zero-order valence-corrected chi connectivity index (χ0v) is 40.7. The number of likely N-dealkylation sites (N-methyl/N-ethyl adjacent to an activating group) is 2. The van der Waals surface area contributed by atoms with E-state index in [2.05, 4.69) is 20.7 Å². The predicted molar refractivity (Wildman–Crippen MR) is 244 cm³/mol. The van der Waals surface area contributed by atoms with Crippen molar-refractivity contribution in [3.63, 3.8) is 0 Å². The number of carbonyl (C=O) groups is 6. The molecule has 1 aromatic rings. The van der Waals surface area contributed by atoms with Crippen LogP contribution in [0.4, 0.5) is 0 Å².